The number of halogens is 1. The zero-order valence-electron chi connectivity index (χ0n) is 7.13. The molecule has 0 aromatic rings. The highest BCUT2D eigenvalue weighted by molar-refractivity contribution is 8.93. The molecule has 0 spiro atoms. The minimum atomic E-state index is 0. The van der Waals surface area contributed by atoms with Crippen LogP contribution in [0.25, 0.3) is 11.1 Å². The minimum absolute atomic E-state index is 0. The van der Waals surface area contributed by atoms with E-state index < -0.39 is 0 Å². The third kappa shape index (κ3) is 2.66. The first-order chi connectivity index (χ1) is 4.88. The van der Waals surface area contributed by atoms with Crippen molar-refractivity contribution in [2.24, 2.45) is 0 Å². The normalized spacial score (nSPS) is 8.91. The lowest BCUT2D eigenvalue weighted by molar-refractivity contribution is 0.886. The average Bonchev–Trinajstić information content (AvgIpc) is 1.97. The lowest BCUT2D eigenvalue weighted by Gasteiger charge is -2.10. The molecule has 0 bridgehead atoms. The average molecular weight is 215 g/mol. The van der Waals surface area contributed by atoms with Crippen LogP contribution >= 0.6 is 17.0 Å². The highest BCUT2D eigenvalue weighted by Crippen LogP contribution is 2.29. The lowest BCUT2D eigenvalue weighted by Crippen LogP contribution is -1.85. The third-order valence-electron chi connectivity index (χ3n) is 1.72. The summed E-state index contributed by atoms with van der Waals surface area (Å²) < 4.78 is 0. The molecule has 0 radical (unpaired) electrons. The maximum absolute atomic E-state index is 2.18. The summed E-state index contributed by atoms with van der Waals surface area (Å²) in [5.41, 5.74) is 2.85. The van der Waals surface area contributed by atoms with Gasteiger partial charge in [-0.2, -0.15) is 0 Å². The smallest absolute Gasteiger partial charge is 0.0184 e. The number of fused-ring (bicyclic) bond motifs is 1. The molecule has 2 rings (SSSR count). The van der Waals surface area contributed by atoms with E-state index in [-0.39, 0.29) is 17.0 Å². The zero-order valence-corrected chi connectivity index (χ0v) is 8.84. The van der Waals surface area contributed by atoms with Crippen LogP contribution < -0.4 is 0 Å². The Morgan fingerprint density at radius 3 is 1.09 bits per heavy atom. The lowest BCUT2D eigenvalue weighted by atomic mass is 9.95. The van der Waals surface area contributed by atoms with Crippen molar-refractivity contribution in [1.29, 1.82) is 0 Å². The first kappa shape index (κ1) is 10.7. The van der Waals surface area contributed by atoms with Crippen LogP contribution in [-0.2, 0) is 0 Å². The molecule has 0 saturated carbocycles. The number of hydrogen-bond acceptors (Lipinski definition) is 0. The van der Waals surface area contributed by atoms with Gasteiger partial charge in [-0.3, -0.25) is 0 Å². The van der Waals surface area contributed by atoms with Crippen molar-refractivity contribution in [2.75, 3.05) is 0 Å². The van der Waals surface area contributed by atoms with E-state index in [9.17, 15) is 0 Å². The van der Waals surface area contributed by atoms with Crippen molar-refractivity contribution in [3.63, 3.8) is 0 Å². The molecule has 0 aromatic carbocycles. The third-order valence-corrected chi connectivity index (χ3v) is 1.72. The Bertz CT molecular complexity index is 166. The Morgan fingerprint density at radius 1 is 0.818 bits per heavy atom. The van der Waals surface area contributed by atoms with Crippen LogP contribution in [0.15, 0.2) is 24.3 Å². The summed E-state index contributed by atoms with van der Waals surface area (Å²) in [6.07, 6.45) is 2.64. The summed E-state index contributed by atoms with van der Waals surface area (Å²) in [5, 5.41) is 0. The van der Waals surface area contributed by atoms with Gasteiger partial charge in [0.05, 0.1) is 0 Å². The van der Waals surface area contributed by atoms with Gasteiger partial charge in [0.25, 0.3) is 0 Å². The molecular weight excluding hydrogens is 200 g/mol. The van der Waals surface area contributed by atoms with Gasteiger partial charge >= 0.3 is 0 Å². The molecule has 0 amide bonds. The predicted molar refractivity (Wildman–Crippen MR) is 56.3 cm³/mol. The monoisotopic (exact) mass is 214 g/mol. The van der Waals surface area contributed by atoms with E-state index >= 15 is 0 Å². The Morgan fingerprint density at radius 2 is 1.09 bits per heavy atom. The fourth-order valence-electron chi connectivity index (χ4n) is 0.663. The fourth-order valence-corrected chi connectivity index (χ4v) is 0.663. The largest absolute Gasteiger partial charge is 0.114 e. The summed E-state index contributed by atoms with van der Waals surface area (Å²) in [5.74, 6) is 0. The molecule has 0 nitrogen and oxygen atoms in total. The van der Waals surface area contributed by atoms with Crippen LogP contribution in [0.5, 0.6) is 0 Å². The van der Waals surface area contributed by atoms with Gasteiger partial charge in [0.1, 0.15) is 0 Å². The Hall–Kier alpha value is -0.300. The van der Waals surface area contributed by atoms with E-state index in [1.54, 1.807) is 0 Å². The van der Waals surface area contributed by atoms with Gasteiger partial charge in [0.15, 0.2) is 0 Å². The topological polar surface area (TPSA) is 0 Å². The molecule has 62 valence electrons. The molecule has 0 fully saturated rings. The molecule has 2 aliphatic rings. The van der Waals surface area contributed by atoms with Gasteiger partial charge in [-0.1, -0.05) is 51.0 Å². The predicted octanol–water partition coefficient (Wildman–Crippen LogP) is 4.05. The van der Waals surface area contributed by atoms with Gasteiger partial charge < -0.3 is 0 Å². The van der Waals surface area contributed by atoms with Crippen LogP contribution in [0.1, 0.15) is 26.7 Å². The van der Waals surface area contributed by atoms with Gasteiger partial charge in [-0.05, 0) is 11.1 Å². The maximum atomic E-state index is 2.18. The van der Waals surface area contributed by atoms with Gasteiger partial charge in [0, 0.05) is 0 Å². The summed E-state index contributed by atoms with van der Waals surface area (Å²) in [6, 6.07) is 8.48. The standard InChI is InChI=1S/C6H4.C4H10.BrH/c1-2-6-4-3-5(1)6;1-3-4-2;/h1-4H;3-4H2,1-2H3;1H. The number of hydrogen-bond donors (Lipinski definition) is 0. The molecule has 0 aliphatic heterocycles. The number of rotatable bonds is 1. The van der Waals surface area contributed by atoms with E-state index in [1.807, 2.05) is 0 Å². The van der Waals surface area contributed by atoms with Crippen LogP contribution in [-0.4, -0.2) is 0 Å². The maximum Gasteiger partial charge on any atom is -0.0184 e. The fraction of sp³-hybridized carbons (Fsp3) is 0.400. The molecule has 0 atom stereocenters. The van der Waals surface area contributed by atoms with Gasteiger partial charge in [-0.25, -0.2) is 0 Å². The van der Waals surface area contributed by atoms with Crippen molar-refractivity contribution in [3.8, 4) is 11.1 Å². The van der Waals surface area contributed by atoms with Gasteiger partial charge in [-0.15, -0.1) is 17.0 Å². The van der Waals surface area contributed by atoms with Crippen LogP contribution in [0, 0.1) is 0 Å². The molecular formula is C10H15Br. The van der Waals surface area contributed by atoms with Crippen LogP contribution in [0.2, 0.25) is 0 Å². The molecule has 11 heavy (non-hydrogen) atoms. The highest BCUT2D eigenvalue weighted by Gasteiger charge is 2.03. The summed E-state index contributed by atoms with van der Waals surface area (Å²) in [4.78, 5) is 0. The molecule has 0 N–H and O–H groups in total. The Labute approximate surface area is 79.4 Å². The first-order valence-corrected chi connectivity index (χ1v) is 3.99. The SMILES string of the molecule is Br.CCCC.c1cc2ccc1-2. The summed E-state index contributed by atoms with van der Waals surface area (Å²) in [6.45, 7) is 4.36. The second kappa shape index (κ2) is 5.36. The zero-order chi connectivity index (χ0) is 7.40. The molecule has 0 unspecified atom stereocenters. The Balaban J connectivity index is 0.000000183. The minimum Gasteiger partial charge on any atom is -0.114 e. The highest BCUT2D eigenvalue weighted by atomic mass is 79.9. The molecule has 0 saturated heterocycles. The van der Waals surface area contributed by atoms with Crippen LogP contribution in [0.3, 0.4) is 0 Å². The van der Waals surface area contributed by atoms with Crippen molar-refractivity contribution in [1.82, 2.24) is 0 Å². The van der Waals surface area contributed by atoms with Crippen molar-refractivity contribution in [2.45, 2.75) is 26.7 Å². The number of unbranched alkanes of at least 4 members (excludes halogenated alkanes) is 1. The molecule has 0 aromatic heterocycles. The van der Waals surface area contributed by atoms with Gasteiger partial charge in [0.2, 0.25) is 0 Å². The van der Waals surface area contributed by atoms with Crippen molar-refractivity contribution >= 4 is 17.0 Å². The van der Waals surface area contributed by atoms with E-state index in [0.29, 0.717) is 0 Å². The molecule has 0 heterocycles. The van der Waals surface area contributed by atoms with E-state index in [4.69, 9.17) is 0 Å². The summed E-state index contributed by atoms with van der Waals surface area (Å²) in [7, 11) is 0. The quantitative estimate of drug-likeness (QED) is 0.673. The van der Waals surface area contributed by atoms with Crippen molar-refractivity contribution in [3.05, 3.63) is 24.3 Å². The van der Waals surface area contributed by atoms with E-state index in [2.05, 4.69) is 38.1 Å². The molecule has 1 heteroatoms. The second-order valence-corrected chi connectivity index (χ2v) is 2.58. The van der Waals surface area contributed by atoms with E-state index in [0.717, 1.165) is 0 Å². The Kier molecular flexibility index (Phi) is 5.22. The van der Waals surface area contributed by atoms with Crippen molar-refractivity contribution < 1.29 is 0 Å². The second-order valence-electron chi connectivity index (χ2n) is 2.58. The first-order valence-electron chi connectivity index (χ1n) is 3.99. The number of benzene rings is 1. The van der Waals surface area contributed by atoms with E-state index in [1.165, 1.54) is 24.0 Å². The molecule has 2 aliphatic carbocycles. The summed E-state index contributed by atoms with van der Waals surface area (Å²) >= 11 is 0. The van der Waals surface area contributed by atoms with Crippen LogP contribution in [0.4, 0.5) is 0 Å².